The molecular weight excluding hydrogens is 350 g/mol. The Morgan fingerprint density at radius 3 is 1.12 bits per heavy atom. The third-order valence-corrected chi connectivity index (χ3v) is 2.30. The van der Waals surface area contributed by atoms with E-state index in [0.717, 1.165) is 0 Å². The minimum Gasteiger partial charge on any atom is -0.446 e. The van der Waals surface area contributed by atoms with Gasteiger partial charge in [-0.2, -0.15) is 0 Å². The van der Waals surface area contributed by atoms with Crippen LogP contribution in [-0.4, -0.2) is 62.0 Å². The highest BCUT2D eigenvalue weighted by Crippen LogP contribution is 2.15. The molecule has 142 valence electrons. The van der Waals surface area contributed by atoms with Crippen LogP contribution in [0.2, 0.25) is 0 Å². The number of ether oxygens (including phenoxy) is 5. The van der Waals surface area contributed by atoms with E-state index < -0.39 is 62.0 Å². The zero-order chi connectivity index (χ0) is 19.6. The summed E-state index contributed by atoms with van der Waals surface area (Å²) in [5.41, 5.74) is 24.1. The number of amides is 5. The molecule has 10 N–H and O–H groups in total. The van der Waals surface area contributed by atoms with E-state index in [9.17, 15) is 24.0 Å². The predicted molar refractivity (Wildman–Crippen MR) is 74.4 cm³/mol. The Morgan fingerprint density at radius 2 is 0.880 bits per heavy atom. The van der Waals surface area contributed by atoms with Crippen molar-refractivity contribution < 1.29 is 47.7 Å². The van der Waals surface area contributed by atoms with Gasteiger partial charge in [0.05, 0.1) is 0 Å². The molecule has 15 heteroatoms. The van der Waals surface area contributed by atoms with Crippen LogP contribution < -0.4 is 28.7 Å². The van der Waals surface area contributed by atoms with Gasteiger partial charge in [0.1, 0.15) is 13.2 Å². The van der Waals surface area contributed by atoms with Crippen molar-refractivity contribution in [2.75, 3.05) is 13.2 Å². The first-order valence-corrected chi connectivity index (χ1v) is 6.25. The Hall–Kier alpha value is -3.65. The fourth-order valence-corrected chi connectivity index (χ4v) is 1.54. The van der Waals surface area contributed by atoms with Gasteiger partial charge in [-0.05, 0) is 0 Å². The van der Waals surface area contributed by atoms with Crippen LogP contribution in [0.4, 0.5) is 24.0 Å². The standard InChI is InChI=1S/C10H17N5O10/c11-6(16)21-1-3(23-8(13)18)5(25-10(15)20)4(24-9(14)19)2-22-7(12)17/h3-5H,1-2H2,(H2,11,16)(H2,12,17)(H2,13,18)(H2,14,19)(H2,15,20)/t3-,4+,5?. The van der Waals surface area contributed by atoms with Crippen LogP contribution in [0.25, 0.3) is 0 Å². The maximum Gasteiger partial charge on any atom is 0.405 e. The molecule has 0 rings (SSSR count). The molecule has 0 aliphatic heterocycles. The fraction of sp³-hybridized carbons (Fsp3) is 0.500. The number of hydrogen-bond acceptors (Lipinski definition) is 10. The van der Waals surface area contributed by atoms with Gasteiger partial charge in [-0.15, -0.1) is 0 Å². The first-order chi connectivity index (χ1) is 11.5. The number of carbonyl (C=O) groups excluding carboxylic acids is 5. The molecule has 0 aromatic rings. The van der Waals surface area contributed by atoms with Crippen molar-refractivity contribution >= 4 is 30.5 Å². The SMILES string of the molecule is NC(=O)OC[C@H](OC(N)=O)C(OC(N)=O)[C@@H](COC(N)=O)OC(N)=O. The summed E-state index contributed by atoms with van der Waals surface area (Å²) in [4.78, 5) is 54.4. The summed E-state index contributed by atoms with van der Waals surface area (Å²) in [6.45, 7) is -1.57. The van der Waals surface area contributed by atoms with Crippen molar-refractivity contribution in [3.8, 4) is 0 Å². The molecule has 0 saturated heterocycles. The minimum atomic E-state index is -1.75. The summed E-state index contributed by atoms with van der Waals surface area (Å²) in [7, 11) is 0. The highest BCUT2D eigenvalue weighted by molar-refractivity contribution is 5.68. The summed E-state index contributed by atoms with van der Waals surface area (Å²) < 4.78 is 22.7. The molecule has 1 unspecified atom stereocenters. The van der Waals surface area contributed by atoms with Gasteiger partial charge in [0.25, 0.3) is 0 Å². The fourth-order valence-electron chi connectivity index (χ4n) is 1.54. The van der Waals surface area contributed by atoms with Crippen LogP contribution in [0.3, 0.4) is 0 Å². The molecule has 25 heavy (non-hydrogen) atoms. The number of hydrogen-bond donors (Lipinski definition) is 5. The normalized spacial score (nSPS) is 13.4. The summed E-state index contributed by atoms with van der Waals surface area (Å²) >= 11 is 0. The van der Waals surface area contributed by atoms with E-state index in [2.05, 4.69) is 23.7 Å². The van der Waals surface area contributed by atoms with Crippen LogP contribution in [-0.2, 0) is 23.7 Å². The van der Waals surface area contributed by atoms with E-state index in [1.807, 2.05) is 0 Å². The van der Waals surface area contributed by atoms with Crippen LogP contribution in [0.5, 0.6) is 0 Å². The third kappa shape index (κ3) is 9.87. The maximum atomic E-state index is 11.1. The Morgan fingerprint density at radius 1 is 0.560 bits per heavy atom. The number of primary amides is 5. The van der Waals surface area contributed by atoms with E-state index in [1.54, 1.807) is 0 Å². The average molecular weight is 367 g/mol. The molecule has 0 aromatic carbocycles. The zero-order valence-electron chi connectivity index (χ0n) is 12.6. The van der Waals surface area contributed by atoms with Gasteiger partial charge in [0, 0.05) is 0 Å². The van der Waals surface area contributed by atoms with E-state index >= 15 is 0 Å². The largest absolute Gasteiger partial charge is 0.446 e. The lowest BCUT2D eigenvalue weighted by Gasteiger charge is -2.30. The summed E-state index contributed by atoms with van der Waals surface area (Å²) in [5.74, 6) is 0. The number of nitrogens with two attached hydrogens (primary N) is 5. The second-order valence-corrected chi connectivity index (χ2v) is 4.11. The second kappa shape index (κ2) is 10.2. The first kappa shape index (κ1) is 21.3. The lowest BCUT2D eigenvalue weighted by molar-refractivity contribution is -0.0967. The van der Waals surface area contributed by atoms with E-state index in [-0.39, 0.29) is 0 Å². The molecule has 15 nitrogen and oxygen atoms in total. The van der Waals surface area contributed by atoms with Crippen molar-refractivity contribution in [1.29, 1.82) is 0 Å². The van der Waals surface area contributed by atoms with Gasteiger partial charge >= 0.3 is 30.5 Å². The van der Waals surface area contributed by atoms with Crippen LogP contribution >= 0.6 is 0 Å². The van der Waals surface area contributed by atoms with Gasteiger partial charge in [-0.3, -0.25) is 0 Å². The van der Waals surface area contributed by atoms with E-state index in [0.29, 0.717) is 0 Å². The highest BCUT2D eigenvalue weighted by Gasteiger charge is 2.39. The van der Waals surface area contributed by atoms with Crippen molar-refractivity contribution in [3.63, 3.8) is 0 Å². The van der Waals surface area contributed by atoms with Crippen LogP contribution in [0.1, 0.15) is 0 Å². The average Bonchev–Trinajstić information content (AvgIpc) is 2.44. The second-order valence-electron chi connectivity index (χ2n) is 4.11. The monoisotopic (exact) mass is 367 g/mol. The molecule has 0 aliphatic carbocycles. The molecule has 0 aromatic heterocycles. The minimum absolute atomic E-state index is 0.786. The van der Waals surface area contributed by atoms with Crippen molar-refractivity contribution in [2.24, 2.45) is 28.7 Å². The molecule has 0 aliphatic rings. The van der Waals surface area contributed by atoms with Crippen LogP contribution in [0.15, 0.2) is 0 Å². The molecule has 0 spiro atoms. The Labute approximate surface area is 139 Å². The summed E-state index contributed by atoms with van der Waals surface area (Å²) in [5, 5.41) is 0. The molecule has 0 heterocycles. The first-order valence-electron chi connectivity index (χ1n) is 6.25. The summed E-state index contributed by atoms with van der Waals surface area (Å²) in [6, 6.07) is 0. The van der Waals surface area contributed by atoms with Crippen molar-refractivity contribution in [1.82, 2.24) is 0 Å². The zero-order valence-corrected chi connectivity index (χ0v) is 12.6. The molecule has 0 fully saturated rings. The molecule has 0 radical (unpaired) electrons. The van der Waals surface area contributed by atoms with Crippen molar-refractivity contribution in [3.05, 3.63) is 0 Å². The van der Waals surface area contributed by atoms with E-state index in [4.69, 9.17) is 28.7 Å². The van der Waals surface area contributed by atoms with Gasteiger partial charge in [0.2, 0.25) is 0 Å². The smallest absolute Gasteiger partial charge is 0.405 e. The Balaban J connectivity index is 5.56. The topological polar surface area (TPSA) is 262 Å². The number of rotatable bonds is 9. The molecular formula is C10H17N5O10. The highest BCUT2D eigenvalue weighted by atomic mass is 16.6. The van der Waals surface area contributed by atoms with Gasteiger partial charge in [0.15, 0.2) is 18.3 Å². The van der Waals surface area contributed by atoms with E-state index in [1.165, 1.54) is 0 Å². The molecule has 0 bridgehead atoms. The molecule has 3 atom stereocenters. The lowest BCUT2D eigenvalue weighted by atomic mass is 10.1. The third-order valence-electron chi connectivity index (χ3n) is 2.30. The summed E-state index contributed by atoms with van der Waals surface area (Å²) in [6.07, 6.45) is -11.8. The van der Waals surface area contributed by atoms with Gasteiger partial charge < -0.3 is 52.4 Å². The Kier molecular flexibility index (Phi) is 8.70. The number of carbonyl (C=O) groups is 5. The van der Waals surface area contributed by atoms with Crippen molar-refractivity contribution in [2.45, 2.75) is 18.3 Å². The molecule has 5 amide bonds. The lowest BCUT2D eigenvalue weighted by Crippen LogP contribution is -2.51. The van der Waals surface area contributed by atoms with Gasteiger partial charge in [-0.25, -0.2) is 24.0 Å². The van der Waals surface area contributed by atoms with Crippen LogP contribution in [0, 0.1) is 0 Å². The molecule has 0 saturated carbocycles. The maximum absolute atomic E-state index is 11.1. The van der Waals surface area contributed by atoms with Gasteiger partial charge in [-0.1, -0.05) is 0 Å². The predicted octanol–water partition coefficient (Wildman–Crippen LogP) is -2.43. The quantitative estimate of drug-likeness (QED) is 0.269. The Bertz CT molecular complexity index is 488.